The Morgan fingerprint density at radius 3 is 1.92 bits per heavy atom. The summed E-state index contributed by atoms with van der Waals surface area (Å²) in [7, 11) is 0. The molecule has 1 unspecified atom stereocenters. The van der Waals surface area contributed by atoms with Crippen molar-refractivity contribution in [2.45, 2.75) is 18.5 Å². The van der Waals surface area contributed by atoms with Crippen LogP contribution in [0.1, 0.15) is 10.4 Å². The monoisotopic (exact) mass is 387 g/mol. The first kappa shape index (κ1) is 20.3. The summed E-state index contributed by atoms with van der Waals surface area (Å²) in [6.45, 7) is 0. The van der Waals surface area contributed by atoms with E-state index >= 15 is 0 Å². The average molecular weight is 387 g/mol. The van der Waals surface area contributed by atoms with Crippen LogP contribution in [0.25, 0.3) is 0 Å². The van der Waals surface area contributed by atoms with Gasteiger partial charge in [-0.15, -0.1) is 0 Å². The van der Waals surface area contributed by atoms with E-state index in [0.29, 0.717) is 0 Å². The Kier molecular flexibility index (Phi) is 5.11. The number of nitrogens with zero attached hydrogens (tertiary/aromatic N) is 1. The number of alkyl halides is 6. The number of rotatable bonds is 5. The summed E-state index contributed by atoms with van der Waals surface area (Å²) in [6, 6.07) is 0. The summed E-state index contributed by atoms with van der Waals surface area (Å²) < 4.78 is 118. The molecule has 1 aromatic rings. The normalized spacial score (nSPS) is 13.5. The third-order valence-corrected chi connectivity index (χ3v) is 2.47. The number of ether oxygens (including phenoxy) is 1. The molecule has 0 heterocycles. The van der Waals surface area contributed by atoms with E-state index in [1.54, 1.807) is 0 Å². The zero-order chi connectivity index (χ0) is 19.9. The molecule has 140 valence electrons. The number of carboxylic acids is 1. The molecule has 1 aromatic carbocycles. The maximum atomic E-state index is 13.7. The zero-order valence-corrected chi connectivity index (χ0v) is 11.0. The highest BCUT2D eigenvalue weighted by atomic mass is 19.4. The number of carbonyl (C=O) groups is 1. The highest BCUT2D eigenvalue weighted by Crippen LogP contribution is 2.41. The predicted octanol–water partition coefficient (Wildman–Crippen LogP) is 3.58. The standard InChI is InChI=1S/C10H2F9NO5/c11-2-1(7(21)22)5(20(23)24)3(12)4(13)6(2)25-10(18,19)8(14)9(15,16)17/h8H,(H,21,22). The Balaban J connectivity index is 3.63. The fourth-order valence-electron chi connectivity index (χ4n) is 1.46. The number of benzene rings is 1. The van der Waals surface area contributed by atoms with E-state index in [4.69, 9.17) is 5.11 Å². The second-order valence-electron chi connectivity index (χ2n) is 4.12. The molecule has 0 bridgehead atoms. The molecule has 0 spiro atoms. The number of nitro benzene ring substituents is 1. The maximum Gasteiger partial charge on any atom is 0.439 e. The van der Waals surface area contributed by atoms with Gasteiger partial charge in [0.1, 0.15) is 0 Å². The van der Waals surface area contributed by atoms with Gasteiger partial charge >= 0.3 is 23.9 Å². The van der Waals surface area contributed by atoms with Gasteiger partial charge in [-0.1, -0.05) is 0 Å². The Hall–Kier alpha value is -2.74. The van der Waals surface area contributed by atoms with Crippen molar-refractivity contribution in [1.82, 2.24) is 0 Å². The Morgan fingerprint density at radius 2 is 1.56 bits per heavy atom. The number of hydrogen-bond acceptors (Lipinski definition) is 4. The van der Waals surface area contributed by atoms with E-state index < -0.39 is 63.8 Å². The molecule has 6 nitrogen and oxygen atoms in total. The van der Waals surface area contributed by atoms with Crippen LogP contribution in [0.5, 0.6) is 5.75 Å². The molecular weight excluding hydrogens is 385 g/mol. The van der Waals surface area contributed by atoms with Gasteiger partial charge in [-0.25, -0.2) is 13.6 Å². The molecular formula is C10H2F9NO5. The molecule has 25 heavy (non-hydrogen) atoms. The van der Waals surface area contributed by atoms with Gasteiger partial charge in [0.05, 0.1) is 4.92 Å². The van der Waals surface area contributed by atoms with E-state index in [9.17, 15) is 54.4 Å². The first-order valence-corrected chi connectivity index (χ1v) is 5.48. The van der Waals surface area contributed by atoms with Crippen LogP contribution in [-0.2, 0) is 0 Å². The molecule has 15 heteroatoms. The van der Waals surface area contributed by atoms with Crippen molar-refractivity contribution in [3.8, 4) is 5.75 Å². The minimum Gasteiger partial charge on any atom is -0.477 e. The van der Waals surface area contributed by atoms with Crippen molar-refractivity contribution in [2.24, 2.45) is 0 Å². The van der Waals surface area contributed by atoms with Gasteiger partial charge in [0.2, 0.25) is 17.4 Å². The van der Waals surface area contributed by atoms with Crippen LogP contribution in [-0.4, -0.2) is 34.5 Å². The van der Waals surface area contributed by atoms with Gasteiger partial charge in [-0.2, -0.15) is 30.7 Å². The number of aromatic carboxylic acids is 1. The highest BCUT2D eigenvalue weighted by Gasteiger charge is 2.60. The largest absolute Gasteiger partial charge is 0.477 e. The lowest BCUT2D eigenvalue weighted by molar-refractivity contribution is -0.388. The lowest BCUT2D eigenvalue weighted by Gasteiger charge is -2.23. The van der Waals surface area contributed by atoms with Gasteiger partial charge in [0.15, 0.2) is 11.4 Å². The highest BCUT2D eigenvalue weighted by molar-refractivity contribution is 5.93. The van der Waals surface area contributed by atoms with E-state index in [1.807, 2.05) is 0 Å². The number of nitro groups is 1. The molecule has 1 N–H and O–H groups in total. The summed E-state index contributed by atoms with van der Waals surface area (Å²) in [5, 5.41) is 19.0. The Bertz CT molecular complexity index is 733. The third-order valence-electron chi connectivity index (χ3n) is 2.47. The maximum absolute atomic E-state index is 13.7. The summed E-state index contributed by atoms with van der Waals surface area (Å²) in [4.78, 5) is 19.2. The van der Waals surface area contributed by atoms with Gasteiger partial charge in [-0.3, -0.25) is 10.1 Å². The van der Waals surface area contributed by atoms with Crippen molar-refractivity contribution in [3.05, 3.63) is 33.1 Å². The van der Waals surface area contributed by atoms with Crippen LogP contribution in [0.4, 0.5) is 45.2 Å². The molecule has 0 aliphatic rings. The van der Waals surface area contributed by atoms with Crippen molar-refractivity contribution >= 4 is 11.7 Å². The summed E-state index contributed by atoms with van der Waals surface area (Å²) in [5.41, 5.74) is -4.66. The molecule has 1 rings (SSSR count). The van der Waals surface area contributed by atoms with E-state index in [0.717, 1.165) is 0 Å². The van der Waals surface area contributed by atoms with E-state index in [-0.39, 0.29) is 0 Å². The number of carboxylic acid groups (broad SMARTS) is 1. The topological polar surface area (TPSA) is 89.7 Å². The predicted molar refractivity (Wildman–Crippen MR) is 56.5 cm³/mol. The van der Waals surface area contributed by atoms with Crippen molar-refractivity contribution in [3.63, 3.8) is 0 Å². The smallest absolute Gasteiger partial charge is 0.439 e. The SMILES string of the molecule is O=C(O)c1c(F)c(OC(F)(F)C(F)C(F)(F)F)c(F)c(F)c1[N+](=O)[O-]. The molecule has 0 aliphatic carbocycles. The Morgan fingerprint density at radius 1 is 1.08 bits per heavy atom. The van der Waals surface area contributed by atoms with Crippen LogP contribution < -0.4 is 4.74 Å². The molecule has 0 fully saturated rings. The van der Waals surface area contributed by atoms with E-state index in [1.165, 1.54) is 0 Å². The van der Waals surface area contributed by atoms with Crippen LogP contribution in [0.2, 0.25) is 0 Å². The van der Waals surface area contributed by atoms with Crippen molar-refractivity contribution in [1.29, 1.82) is 0 Å². The first-order chi connectivity index (χ1) is 11.1. The van der Waals surface area contributed by atoms with Crippen molar-refractivity contribution in [2.75, 3.05) is 0 Å². The molecule has 0 radical (unpaired) electrons. The average Bonchev–Trinajstić information content (AvgIpc) is 2.44. The van der Waals surface area contributed by atoms with Crippen LogP contribution in [0, 0.1) is 27.6 Å². The van der Waals surface area contributed by atoms with Crippen molar-refractivity contribution < 1.29 is 59.1 Å². The minimum absolute atomic E-state index is 1.93. The van der Waals surface area contributed by atoms with Gasteiger partial charge in [0, 0.05) is 0 Å². The van der Waals surface area contributed by atoms with Gasteiger partial charge < -0.3 is 9.84 Å². The third kappa shape index (κ3) is 3.69. The van der Waals surface area contributed by atoms with E-state index in [2.05, 4.69) is 4.74 Å². The molecule has 0 saturated carbocycles. The number of hydrogen-bond donors (Lipinski definition) is 1. The van der Waals surface area contributed by atoms with Gasteiger partial charge in [0.25, 0.3) is 6.17 Å². The minimum atomic E-state index is -6.27. The van der Waals surface area contributed by atoms with Crippen LogP contribution in [0.15, 0.2) is 0 Å². The summed E-state index contributed by atoms with van der Waals surface area (Å²) >= 11 is 0. The second kappa shape index (κ2) is 6.29. The quantitative estimate of drug-likeness (QED) is 0.361. The van der Waals surface area contributed by atoms with Crippen LogP contribution >= 0.6 is 0 Å². The molecule has 0 aliphatic heterocycles. The lowest BCUT2D eigenvalue weighted by atomic mass is 10.1. The van der Waals surface area contributed by atoms with Crippen LogP contribution in [0.3, 0.4) is 0 Å². The molecule has 0 saturated heterocycles. The number of halogens is 9. The summed E-state index contributed by atoms with van der Waals surface area (Å²) in [5.74, 6) is -14.1. The second-order valence-corrected chi connectivity index (χ2v) is 4.12. The molecule has 0 aromatic heterocycles. The van der Waals surface area contributed by atoms with Gasteiger partial charge in [-0.05, 0) is 0 Å². The fourth-order valence-corrected chi connectivity index (χ4v) is 1.46. The first-order valence-electron chi connectivity index (χ1n) is 5.48. The molecule has 0 amide bonds. The Labute approximate surface area is 129 Å². The lowest BCUT2D eigenvalue weighted by Crippen LogP contribution is -2.46. The molecule has 1 atom stereocenters. The summed E-state index contributed by atoms with van der Waals surface area (Å²) in [6.07, 6.45) is -17.4. The fraction of sp³-hybridized carbons (Fsp3) is 0.300. The zero-order valence-electron chi connectivity index (χ0n) is 11.0.